The monoisotopic (exact) mass is 317 g/mol. The lowest BCUT2D eigenvalue weighted by Crippen LogP contribution is -2.34. The highest BCUT2D eigenvalue weighted by atomic mass is 32.2. The summed E-state index contributed by atoms with van der Waals surface area (Å²) < 4.78 is 24.8. The topological polar surface area (TPSA) is 37.4 Å². The Labute approximate surface area is 133 Å². The van der Waals surface area contributed by atoms with Crippen molar-refractivity contribution in [2.75, 3.05) is 12.3 Å². The molecule has 4 heteroatoms. The molecule has 0 N–H and O–H groups in total. The minimum absolute atomic E-state index is 0.141. The smallest absolute Gasteiger partial charge is 0.179 e. The predicted molar refractivity (Wildman–Crippen MR) is 90.5 cm³/mol. The van der Waals surface area contributed by atoms with Crippen LogP contribution in [0.3, 0.4) is 0 Å². The van der Waals surface area contributed by atoms with Gasteiger partial charge in [-0.05, 0) is 31.5 Å². The van der Waals surface area contributed by atoms with Gasteiger partial charge in [0.25, 0.3) is 0 Å². The third-order valence-corrected chi connectivity index (χ3v) is 5.42. The van der Waals surface area contributed by atoms with E-state index in [4.69, 9.17) is 0 Å². The summed E-state index contributed by atoms with van der Waals surface area (Å²) in [5.41, 5.74) is 1.20. The zero-order valence-corrected chi connectivity index (χ0v) is 14.0. The lowest BCUT2D eigenvalue weighted by atomic mass is 10.2. The molecule has 0 saturated heterocycles. The normalized spacial score (nSPS) is 12.0. The third-order valence-electron chi connectivity index (χ3n) is 3.71. The van der Waals surface area contributed by atoms with E-state index >= 15 is 0 Å². The van der Waals surface area contributed by atoms with Crippen LogP contribution < -0.4 is 0 Å². The lowest BCUT2D eigenvalue weighted by molar-refractivity contribution is 0.226. The number of nitrogens with zero attached hydrogens (tertiary/aromatic N) is 1. The molecule has 118 valence electrons. The van der Waals surface area contributed by atoms with E-state index in [0.717, 1.165) is 6.54 Å². The minimum atomic E-state index is -3.22. The van der Waals surface area contributed by atoms with Crippen molar-refractivity contribution in [1.82, 2.24) is 4.90 Å². The predicted octanol–water partition coefficient (Wildman–Crippen LogP) is 3.37. The summed E-state index contributed by atoms with van der Waals surface area (Å²) in [6.45, 7) is 5.49. The molecule has 22 heavy (non-hydrogen) atoms. The van der Waals surface area contributed by atoms with Crippen LogP contribution in [0.25, 0.3) is 0 Å². The highest BCUT2D eigenvalue weighted by molar-refractivity contribution is 7.91. The summed E-state index contributed by atoms with van der Waals surface area (Å²) in [5.74, 6) is 0.141. The minimum Gasteiger partial charge on any atom is -0.296 e. The Hall–Kier alpha value is -1.65. The maximum absolute atomic E-state index is 12.4. The SMILES string of the molecule is CC(C)N(CCS(=O)(=O)c1ccccc1)Cc1ccccc1. The zero-order chi connectivity index (χ0) is 16.0. The van der Waals surface area contributed by atoms with Crippen molar-refractivity contribution in [2.24, 2.45) is 0 Å². The Morgan fingerprint density at radius 1 is 0.909 bits per heavy atom. The Balaban J connectivity index is 2.03. The molecule has 0 amide bonds. The second-order valence-electron chi connectivity index (χ2n) is 5.68. The van der Waals surface area contributed by atoms with Gasteiger partial charge in [-0.1, -0.05) is 48.5 Å². The lowest BCUT2D eigenvalue weighted by Gasteiger charge is -2.26. The Morgan fingerprint density at radius 2 is 1.45 bits per heavy atom. The van der Waals surface area contributed by atoms with E-state index in [0.29, 0.717) is 17.5 Å². The molecule has 2 aromatic carbocycles. The molecule has 0 aliphatic rings. The molecule has 0 aromatic heterocycles. The molecule has 0 aliphatic heterocycles. The van der Waals surface area contributed by atoms with Crippen molar-refractivity contribution in [2.45, 2.75) is 31.3 Å². The van der Waals surface area contributed by atoms with Gasteiger partial charge in [-0.15, -0.1) is 0 Å². The van der Waals surface area contributed by atoms with Crippen molar-refractivity contribution in [3.63, 3.8) is 0 Å². The molecule has 0 fully saturated rings. The maximum atomic E-state index is 12.4. The van der Waals surface area contributed by atoms with Crippen LogP contribution in [0.5, 0.6) is 0 Å². The van der Waals surface area contributed by atoms with Crippen LogP contribution in [-0.4, -0.2) is 31.7 Å². The van der Waals surface area contributed by atoms with Gasteiger partial charge in [0, 0.05) is 19.1 Å². The van der Waals surface area contributed by atoms with Gasteiger partial charge in [0.2, 0.25) is 0 Å². The van der Waals surface area contributed by atoms with Crippen LogP contribution in [0.4, 0.5) is 0 Å². The summed E-state index contributed by atoms with van der Waals surface area (Å²) >= 11 is 0. The van der Waals surface area contributed by atoms with Gasteiger partial charge in [0.1, 0.15) is 0 Å². The molecule has 2 aromatic rings. The molecule has 0 saturated carbocycles. The average molecular weight is 317 g/mol. The summed E-state index contributed by atoms with van der Waals surface area (Å²) in [6, 6.07) is 19.1. The fourth-order valence-electron chi connectivity index (χ4n) is 2.32. The number of sulfone groups is 1. The molecule has 0 heterocycles. The van der Waals surface area contributed by atoms with E-state index in [2.05, 4.69) is 30.9 Å². The van der Waals surface area contributed by atoms with Crippen molar-refractivity contribution >= 4 is 9.84 Å². The molecule has 0 spiro atoms. The van der Waals surface area contributed by atoms with Gasteiger partial charge in [-0.25, -0.2) is 8.42 Å². The van der Waals surface area contributed by atoms with Crippen LogP contribution >= 0.6 is 0 Å². The van der Waals surface area contributed by atoms with Gasteiger partial charge in [0.05, 0.1) is 10.6 Å². The molecular weight excluding hydrogens is 294 g/mol. The van der Waals surface area contributed by atoms with E-state index in [9.17, 15) is 8.42 Å². The van der Waals surface area contributed by atoms with Crippen molar-refractivity contribution < 1.29 is 8.42 Å². The van der Waals surface area contributed by atoms with Crippen LogP contribution in [-0.2, 0) is 16.4 Å². The number of hydrogen-bond acceptors (Lipinski definition) is 3. The zero-order valence-electron chi connectivity index (χ0n) is 13.1. The fourth-order valence-corrected chi connectivity index (χ4v) is 3.60. The van der Waals surface area contributed by atoms with Gasteiger partial charge in [-0.3, -0.25) is 4.90 Å². The Kier molecular flexibility index (Phi) is 5.75. The molecule has 0 radical (unpaired) electrons. The highest BCUT2D eigenvalue weighted by Crippen LogP contribution is 2.13. The largest absolute Gasteiger partial charge is 0.296 e. The molecule has 0 unspecified atom stereocenters. The standard InChI is InChI=1S/C18H23NO2S/c1-16(2)19(15-17-9-5-3-6-10-17)13-14-22(20,21)18-11-7-4-8-12-18/h3-12,16H,13-15H2,1-2H3. The number of benzene rings is 2. The van der Waals surface area contributed by atoms with Crippen LogP contribution in [0.1, 0.15) is 19.4 Å². The molecule has 2 rings (SSSR count). The van der Waals surface area contributed by atoms with Crippen molar-refractivity contribution in [3.05, 3.63) is 66.2 Å². The number of hydrogen-bond donors (Lipinski definition) is 0. The van der Waals surface area contributed by atoms with Gasteiger partial charge in [-0.2, -0.15) is 0 Å². The second kappa shape index (κ2) is 7.56. The third kappa shape index (κ3) is 4.68. The van der Waals surface area contributed by atoms with Gasteiger partial charge >= 0.3 is 0 Å². The summed E-state index contributed by atoms with van der Waals surface area (Å²) in [4.78, 5) is 2.59. The first kappa shape index (κ1) is 16.7. The van der Waals surface area contributed by atoms with Gasteiger partial charge < -0.3 is 0 Å². The van der Waals surface area contributed by atoms with Crippen LogP contribution in [0, 0.1) is 0 Å². The molecular formula is C18H23NO2S. The molecule has 3 nitrogen and oxygen atoms in total. The summed E-state index contributed by atoms with van der Waals surface area (Å²) in [6.07, 6.45) is 0. The van der Waals surface area contributed by atoms with E-state index in [1.165, 1.54) is 5.56 Å². The maximum Gasteiger partial charge on any atom is 0.179 e. The molecule has 0 aliphatic carbocycles. The summed E-state index contributed by atoms with van der Waals surface area (Å²) in [7, 11) is -3.22. The summed E-state index contributed by atoms with van der Waals surface area (Å²) in [5, 5.41) is 0. The fraction of sp³-hybridized carbons (Fsp3) is 0.333. The second-order valence-corrected chi connectivity index (χ2v) is 7.79. The molecule has 0 bridgehead atoms. The Bertz CT molecular complexity index is 667. The Morgan fingerprint density at radius 3 is 2.00 bits per heavy atom. The molecule has 0 atom stereocenters. The van der Waals surface area contributed by atoms with Gasteiger partial charge in [0.15, 0.2) is 9.84 Å². The first-order valence-corrected chi connectivity index (χ1v) is 9.20. The van der Waals surface area contributed by atoms with Crippen LogP contribution in [0.15, 0.2) is 65.6 Å². The first-order chi connectivity index (χ1) is 10.5. The average Bonchev–Trinajstić information content (AvgIpc) is 2.53. The van der Waals surface area contributed by atoms with Crippen LogP contribution in [0.2, 0.25) is 0 Å². The van der Waals surface area contributed by atoms with E-state index in [-0.39, 0.29) is 5.75 Å². The first-order valence-electron chi connectivity index (χ1n) is 7.55. The van der Waals surface area contributed by atoms with E-state index < -0.39 is 9.84 Å². The highest BCUT2D eigenvalue weighted by Gasteiger charge is 2.18. The number of rotatable bonds is 7. The quantitative estimate of drug-likeness (QED) is 0.786. The van der Waals surface area contributed by atoms with E-state index in [1.807, 2.05) is 24.3 Å². The van der Waals surface area contributed by atoms with Crippen molar-refractivity contribution in [3.8, 4) is 0 Å². The van der Waals surface area contributed by atoms with E-state index in [1.54, 1.807) is 24.3 Å². The van der Waals surface area contributed by atoms with Crippen molar-refractivity contribution in [1.29, 1.82) is 0 Å².